The van der Waals surface area contributed by atoms with E-state index in [4.69, 9.17) is 17.7 Å². The van der Waals surface area contributed by atoms with Crippen LogP contribution in [0.3, 0.4) is 0 Å². The number of anilines is 1. The largest absolute Gasteiger partial charge is 0.748 e. The summed E-state index contributed by atoms with van der Waals surface area (Å²) in [4.78, 5) is 11.5. The molecule has 5 aromatic rings. The van der Waals surface area contributed by atoms with Gasteiger partial charge >= 0.3 is 16.6 Å². The summed E-state index contributed by atoms with van der Waals surface area (Å²) in [6.45, 7) is 11.0. The standard InChI is InChI=1S/C51H57N3O14S4.O3S/c1-6-7-26-53-42-19-14-36-13-17-37(70(60,61)62)31-40(36)48(42)50(2,3)45(53)21-15-34(35-23-28-52(29-24-35)25-10-8-9-12-47(55)56)16-22-46-51(4,5)49-41-32-38(71(63,64)65)33-44(72(66,67)68)39(41)18-20-43(49)54(46)27-11-30-69(57,58)59;1-4(2)3/h13-24,28-29,31-33H,6-12,25-27,30H2,1-5H3,(H3-2,55,56,57,58,59,60,61,62,63,64,65,66,67,68);/p+1. The average Bonchev–Trinajstić information content (AvgIpc) is 3.66. The highest BCUT2D eigenvalue weighted by molar-refractivity contribution is 7.87. The molecule has 0 atom stereocenters. The van der Waals surface area contributed by atoms with E-state index in [1.165, 1.54) is 18.2 Å². The zero-order valence-corrected chi connectivity index (χ0v) is 46.2. The third kappa shape index (κ3) is 13.6. The quantitative estimate of drug-likeness (QED) is 0.0261. The second-order valence-corrected chi connectivity index (χ2v) is 25.6. The Hall–Kier alpha value is -6.03. The molecule has 76 heavy (non-hydrogen) atoms. The van der Waals surface area contributed by atoms with E-state index in [0.717, 1.165) is 59.6 Å². The van der Waals surface area contributed by atoms with Crippen molar-refractivity contribution in [3.05, 3.63) is 126 Å². The Bertz CT molecular complexity index is 3840. The van der Waals surface area contributed by atoms with Crippen LogP contribution >= 0.6 is 0 Å². The first-order chi connectivity index (χ1) is 35.3. The second kappa shape index (κ2) is 22.9. The molecule has 0 radical (unpaired) electrons. The van der Waals surface area contributed by atoms with Crippen molar-refractivity contribution in [2.45, 2.75) is 112 Å². The minimum Gasteiger partial charge on any atom is -0.748 e. The smallest absolute Gasteiger partial charge is 0.425 e. The van der Waals surface area contributed by atoms with Gasteiger partial charge in [0.05, 0.1) is 25.3 Å². The van der Waals surface area contributed by atoms with Gasteiger partial charge in [-0.05, 0) is 115 Å². The van der Waals surface area contributed by atoms with Gasteiger partial charge in [-0.15, -0.1) is 12.6 Å². The van der Waals surface area contributed by atoms with Gasteiger partial charge in [0.15, 0.2) is 18.1 Å². The third-order valence-corrected chi connectivity index (χ3v) is 16.8. The molecule has 0 spiro atoms. The Kier molecular flexibility index (Phi) is 17.8. The molecule has 0 amide bonds. The lowest BCUT2D eigenvalue weighted by Gasteiger charge is -2.27. The van der Waals surface area contributed by atoms with Crippen molar-refractivity contribution in [2.75, 3.05) is 23.7 Å². The summed E-state index contributed by atoms with van der Waals surface area (Å²) in [5.74, 6) is -1.55. The molecule has 0 bridgehead atoms. The predicted octanol–water partition coefficient (Wildman–Crippen LogP) is 7.09. The van der Waals surface area contributed by atoms with E-state index in [2.05, 4.69) is 11.8 Å². The van der Waals surface area contributed by atoms with Crippen molar-refractivity contribution in [1.82, 2.24) is 0 Å². The van der Waals surface area contributed by atoms with Crippen LogP contribution in [0, 0.1) is 0 Å². The number of carbonyl (C=O) groups is 1. The van der Waals surface area contributed by atoms with Crippen molar-refractivity contribution in [3.63, 3.8) is 0 Å². The Labute approximate surface area is 443 Å². The van der Waals surface area contributed by atoms with Crippen LogP contribution in [0.5, 0.6) is 0 Å². The van der Waals surface area contributed by atoms with Crippen LogP contribution in [0.1, 0.15) is 96.3 Å². The fourth-order valence-electron chi connectivity index (χ4n) is 10.1. The zero-order chi connectivity index (χ0) is 56.3. The topological polar surface area (TPSA) is 319 Å². The monoisotopic (exact) mass is 1140 g/mol. The summed E-state index contributed by atoms with van der Waals surface area (Å²) >= 11 is 0. The van der Waals surface area contributed by atoms with Gasteiger partial charge in [0.1, 0.15) is 18.0 Å². The van der Waals surface area contributed by atoms with E-state index >= 15 is 0 Å². The first-order valence-corrected chi connectivity index (χ1v) is 30.7. The number of pyridine rings is 1. The summed E-state index contributed by atoms with van der Waals surface area (Å²) in [7, 11) is -22.3. The number of hydrogen-bond acceptors (Lipinski definition) is 14. The van der Waals surface area contributed by atoms with E-state index in [0.29, 0.717) is 53.5 Å². The van der Waals surface area contributed by atoms with Crippen LogP contribution in [0.15, 0.2) is 124 Å². The van der Waals surface area contributed by atoms with Gasteiger partial charge in [-0.25, -0.2) is 13.0 Å². The minimum absolute atomic E-state index is 0.0147. The second-order valence-electron chi connectivity index (χ2n) is 19.4. The van der Waals surface area contributed by atoms with Crippen molar-refractivity contribution >= 4 is 101 Å². The number of aryl methyl sites for hydroxylation is 1. The number of unbranched alkanes of at least 4 members (excludes halogenated alkanes) is 3. The summed E-state index contributed by atoms with van der Waals surface area (Å²) in [6.07, 6.45) is 15.1. The Morgan fingerprint density at radius 1 is 0.711 bits per heavy atom. The lowest BCUT2D eigenvalue weighted by Crippen LogP contribution is -2.32. The number of allylic oxidation sites excluding steroid dienone is 6. The number of hydrogen-bond donors (Lipinski definition) is 4. The minimum atomic E-state index is -5.04. The predicted molar refractivity (Wildman–Crippen MR) is 282 cm³/mol. The van der Waals surface area contributed by atoms with Gasteiger partial charge in [0.2, 0.25) is 5.69 Å². The Morgan fingerprint density at radius 2 is 1.34 bits per heavy atom. The lowest BCUT2D eigenvalue weighted by atomic mass is 9.79. The van der Waals surface area contributed by atoms with Crippen molar-refractivity contribution < 1.29 is 83.6 Å². The van der Waals surface area contributed by atoms with Gasteiger partial charge in [-0.3, -0.25) is 18.5 Å². The molecule has 3 heterocycles. The van der Waals surface area contributed by atoms with E-state index in [1.54, 1.807) is 30.6 Å². The zero-order valence-electron chi connectivity index (χ0n) is 42.1. The van der Waals surface area contributed by atoms with Gasteiger partial charge in [0.25, 0.3) is 30.4 Å². The van der Waals surface area contributed by atoms with E-state index in [1.807, 2.05) is 79.4 Å². The summed E-state index contributed by atoms with van der Waals surface area (Å²) in [5.41, 5.74) is 3.65. The maximum Gasteiger partial charge on any atom is 0.425 e. The first kappa shape index (κ1) is 59.2. The molecule has 25 heteroatoms. The van der Waals surface area contributed by atoms with E-state index in [-0.39, 0.29) is 35.1 Å². The fraction of sp³-hybridized carbons (Fsp3) is 0.353. The molecule has 4 aromatic carbocycles. The fourth-order valence-corrected chi connectivity index (χ4v) is 12.4. The van der Waals surface area contributed by atoms with Crippen LogP contribution in [-0.4, -0.2) is 105 Å². The first-order valence-electron chi connectivity index (χ1n) is 23.8. The number of carboxylic acids is 1. The lowest BCUT2D eigenvalue weighted by molar-refractivity contribution is -0.697. The number of aliphatic carboxylic acids is 1. The normalized spacial score (nSPS) is 16.1. The van der Waals surface area contributed by atoms with E-state index in [9.17, 15) is 56.7 Å². The van der Waals surface area contributed by atoms with Crippen LogP contribution in [-0.2, 0) is 73.3 Å². The Balaban J connectivity index is 0.00000226. The molecule has 2 aliphatic rings. The number of aromatic nitrogens is 1. The molecular formula is C51H58N3O17S5+. The number of nitrogens with zero attached hydrogens (tertiary/aromatic N) is 3. The van der Waals surface area contributed by atoms with Gasteiger partial charge in [-0.1, -0.05) is 45.4 Å². The van der Waals surface area contributed by atoms with Crippen molar-refractivity contribution in [2.24, 2.45) is 0 Å². The number of fused-ring (bicyclic) bond motifs is 6. The third-order valence-electron chi connectivity index (χ3n) is 13.5. The van der Waals surface area contributed by atoms with Crippen molar-refractivity contribution in [3.8, 4) is 0 Å². The average molecular weight is 1150 g/mol. The molecular weight excluding hydrogens is 1090 g/mol. The van der Waals surface area contributed by atoms with Crippen LogP contribution in [0.2, 0.25) is 0 Å². The SMILES string of the molecule is CCCCN1C(=CC=C(C=CC2=[N+](CCCS(=O)(=O)[O-])c3ccc4c(S(=O)(=O)O)cc(S(=O)(=O)O)cc4c3C2(C)C)c2cc[n+](CCCCCC(=O)O)cc2)C(C)(C)c2c1ccc1ccc(S(=O)(=O)O)cc21.O=S(=O)=O. The summed E-state index contributed by atoms with van der Waals surface area (Å²) < 4.78 is 170. The highest BCUT2D eigenvalue weighted by Gasteiger charge is 2.46. The highest BCUT2D eigenvalue weighted by Crippen LogP contribution is 2.52. The number of rotatable bonds is 20. The molecule has 408 valence electrons. The molecule has 0 saturated heterocycles. The molecule has 0 fully saturated rings. The van der Waals surface area contributed by atoms with Crippen LogP contribution in [0.25, 0.3) is 27.1 Å². The molecule has 7 rings (SSSR count). The molecule has 0 saturated carbocycles. The molecule has 20 nitrogen and oxygen atoms in total. The number of carboxylic acid groups (broad SMARTS) is 1. The van der Waals surface area contributed by atoms with E-state index < -0.39 is 83.4 Å². The highest BCUT2D eigenvalue weighted by atomic mass is 32.2. The summed E-state index contributed by atoms with van der Waals surface area (Å²) in [5, 5.41) is 10.6. The van der Waals surface area contributed by atoms with Gasteiger partial charge in [-0.2, -0.15) is 29.8 Å². The van der Waals surface area contributed by atoms with Gasteiger partial charge < -0.3 is 14.6 Å². The molecule has 0 aliphatic carbocycles. The van der Waals surface area contributed by atoms with Crippen LogP contribution < -0.4 is 9.47 Å². The molecule has 2 aliphatic heterocycles. The Morgan fingerprint density at radius 3 is 1.93 bits per heavy atom. The molecule has 0 unspecified atom stereocenters. The maximum atomic E-state index is 12.7. The summed E-state index contributed by atoms with van der Waals surface area (Å²) in [6, 6.07) is 17.1. The molecule has 1 aromatic heterocycles. The van der Waals surface area contributed by atoms with Gasteiger partial charge in [0, 0.05) is 83.6 Å². The van der Waals surface area contributed by atoms with Crippen molar-refractivity contribution in [1.29, 1.82) is 0 Å². The van der Waals surface area contributed by atoms with Crippen LogP contribution in [0.4, 0.5) is 11.4 Å². The maximum absolute atomic E-state index is 12.7. The molecule has 4 N–H and O–H groups in total. The number of benzene rings is 4.